The minimum absolute atomic E-state index is 0.0468. The van der Waals surface area contributed by atoms with Crippen molar-refractivity contribution < 1.29 is 37.0 Å². The third kappa shape index (κ3) is 4.75. The summed E-state index contributed by atoms with van der Waals surface area (Å²) in [5, 5.41) is 9.04. The van der Waals surface area contributed by atoms with Crippen molar-refractivity contribution in [1.29, 1.82) is 0 Å². The zero-order valence-corrected chi connectivity index (χ0v) is 19.8. The standard InChI is InChI=1S/C26H20ClF4NO4/c1-13(17-6-3-14(9-19(17)27)15-4-7-18(25(34)35)20(28)10-15)24(26(29,30)31)16-5-8-22-21(11-16)32(2)23(33)12-36-22/h3-11,13,24H,12H2,1-2H3,(H,34,35). The maximum atomic E-state index is 14.3. The highest BCUT2D eigenvalue weighted by atomic mass is 35.5. The monoisotopic (exact) mass is 521 g/mol. The topological polar surface area (TPSA) is 66.8 Å². The van der Waals surface area contributed by atoms with Crippen molar-refractivity contribution in [2.75, 3.05) is 18.6 Å². The van der Waals surface area contributed by atoms with E-state index in [1.807, 2.05) is 0 Å². The van der Waals surface area contributed by atoms with Gasteiger partial charge in [0.25, 0.3) is 5.91 Å². The minimum atomic E-state index is -4.64. The van der Waals surface area contributed by atoms with Crippen LogP contribution in [0.2, 0.25) is 5.02 Å². The molecular formula is C26H20ClF4NO4. The Kier molecular flexibility index (Phi) is 6.70. The third-order valence-electron chi connectivity index (χ3n) is 6.31. The van der Waals surface area contributed by atoms with E-state index >= 15 is 0 Å². The van der Waals surface area contributed by atoms with E-state index in [4.69, 9.17) is 21.4 Å². The fourth-order valence-corrected chi connectivity index (χ4v) is 4.72. The van der Waals surface area contributed by atoms with Gasteiger partial charge in [-0.3, -0.25) is 4.79 Å². The maximum absolute atomic E-state index is 14.3. The molecule has 2 unspecified atom stereocenters. The van der Waals surface area contributed by atoms with Crippen molar-refractivity contribution in [3.8, 4) is 16.9 Å². The van der Waals surface area contributed by atoms with Crippen LogP contribution in [0.1, 0.15) is 40.2 Å². The summed E-state index contributed by atoms with van der Waals surface area (Å²) in [6, 6.07) is 12.0. The van der Waals surface area contributed by atoms with E-state index in [0.29, 0.717) is 16.9 Å². The van der Waals surface area contributed by atoms with Crippen LogP contribution in [0.15, 0.2) is 54.6 Å². The molecule has 36 heavy (non-hydrogen) atoms. The number of aromatic carboxylic acids is 1. The van der Waals surface area contributed by atoms with Crippen molar-refractivity contribution in [1.82, 2.24) is 0 Å². The van der Waals surface area contributed by atoms with Gasteiger partial charge in [0.05, 0.1) is 17.2 Å². The normalized spacial score (nSPS) is 15.2. The second-order valence-electron chi connectivity index (χ2n) is 8.51. The van der Waals surface area contributed by atoms with Crippen molar-refractivity contribution >= 4 is 29.2 Å². The summed E-state index contributed by atoms with van der Waals surface area (Å²) in [5.41, 5.74) is 0.674. The Balaban J connectivity index is 1.71. The number of hydrogen-bond donors (Lipinski definition) is 1. The number of carbonyl (C=O) groups is 2. The second kappa shape index (κ2) is 9.46. The van der Waals surface area contributed by atoms with Gasteiger partial charge in [0, 0.05) is 12.1 Å². The molecule has 3 aromatic carbocycles. The molecular weight excluding hydrogens is 502 g/mol. The number of benzene rings is 3. The Morgan fingerprint density at radius 2 is 1.75 bits per heavy atom. The van der Waals surface area contributed by atoms with E-state index < -0.39 is 35.4 Å². The number of alkyl halides is 3. The van der Waals surface area contributed by atoms with Crippen LogP contribution in [0.25, 0.3) is 11.1 Å². The number of carboxylic acids is 1. The number of halogens is 5. The molecule has 0 saturated heterocycles. The Labute approximate surface area is 208 Å². The van der Waals surface area contributed by atoms with Gasteiger partial charge in [-0.15, -0.1) is 0 Å². The highest BCUT2D eigenvalue weighted by Gasteiger charge is 2.45. The SMILES string of the molecule is CC(c1ccc(-c2ccc(C(=O)O)c(F)c2)cc1Cl)C(c1ccc2c(c1)N(C)C(=O)CO2)C(F)(F)F. The molecule has 1 amide bonds. The molecule has 0 aromatic heterocycles. The fourth-order valence-electron chi connectivity index (χ4n) is 4.37. The first-order valence-electron chi connectivity index (χ1n) is 10.8. The van der Waals surface area contributed by atoms with Crippen LogP contribution in [0, 0.1) is 5.82 Å². The molecule has 1 aliphatic heterocycles. The van der Waals surface area contributed by atoms with Crippen LogP contribution in [0.5, 0.6) is 5.75 Å². The summed E-state index contributed by atoms with van der Waals surface area (Å²) < 4.78 is 62.4. The van der Waals surface area contributed by atoms with Crippen LogP contribution in [-0.2, 0) is 4.79 Å². The zero-order chi connectivity index (χ0) is 26.4. The lowest BCUT2D eigenvalue weighted by Crippen LogP contribution is -2.35. The number of fused-ring (bicyclic) bond motifs is 1. The molecule has 1 heterocycles. The number of hydrogen-bond acceptors (Lipinski definition) is 3. The molecule has 0 radical (unpaired) electrons. The number of amides is 1. The number of likely N-dealkylation sites (N-methyl/N-ethyl adjacent to an activating group) is 1. The molecule has 4 rings (SSSR count). The minimum Gasteiger partial charge on any atom is -0.482 e. The number of rotatable bonds is 5. The van der Waals surface area contributed by atoms with Crippen LogP contribution in [-0.4, -0.2) is 36.8 Å². The zero-order valence-electron chi connectivity index (χ0n) is 19.1. The molecule has 2 atom stereocenters. The summed E-state index contributed by atoms with van der Waals surface area (Å²) >= 11 is 6.41. The molecule has 188 valence electrons. The van der Waals surface area contributed by atoms with E-state index in [1.165, 1.54) is 61.3 Å². The van der Waals surface area contributed by atoms with Gasteiger partial charge in [0.15, 0.2) is 6.61 Å². The van der Waals surface area contributed by atoms with Crippen molar-refractivity contribution in [3.63, 3.8) is 0 Å². The number of nitrogens with zero attached hydrogens (tertiary/aromatic N) is 1. The molecule has 0 fully saturated rings. The fraction of sp³-hybridized carbons (Fsp3) is 0.231. The number of carboxylic acid groups (broad SMARTS) is 1. The first-order chi connectivity index (χ1) is 16.9. The van der Waals surface area contributed by atoms with Gasteiger partial charge in [-0.2, -0.15) is 13.2 Å². The summed E-state index contributed by atoms with van der Waals surface area (Å²) in [4.78, 5) is 24.3. The summed E-state index contributed by atoms with van der Waals surface area (Å²) in [6.07, 6.45) is -4.64. The largest absolute Gasteiger partial charge is 0.482 e. The average molecular weight is 522 g/mol. The van der Waals surface area contributed by atoms with Gasteiger partial charge in [-0.1, -0.05) is 42.8 Å². The molecule has 3 aromatic rings. The summed E-state index contributed by atoms with van der Waals surface area (Å²) in [6.45, 7) is 1.22. The average Bonchev–Trinajstić information content (AvgIpc) is 2.80. The van der Waals surface area contributed by atoms with E-state index in [1.54, 1.807) is 0 Å². The predicted molar refractivity (Wildman–Crippen MR) is 126 cm³/mol. The predicted octanol–water partition coefficient (Wildman–Crippen LogP) is 6.65. The Bertz CT molecular complexity index is 1360. The Morgan fingerprint density at radius 3 is 2.36 bits per heavy atom. The molecule has 5 nitrogen and oxygen atoms in total. The van der Waals surface area contributed by atoms with Gasteiger partial charge in [-0.05, 0) is 58.5 Å². The van der Waals surface area contributed by atoms with Crippen molar-refractivity contribution in [2.45, 2.75) is 24.9 Å². The van der Waals surface area contributed by atoms with E-state index in [9.17, 15) is 27.2 Å². The molecule has 0 saturated carbocycles. The molecule has 1 aliphatic rings. The van der Waals surface area contributed by atoms with Crippen molar-refractivity contribution in [3.05, 3.63) is 82.1 Å². The second-order valence-corrected chi connectivity index (χ2v) is 8.92. The Morgan fingerprint density at radius 1 is 1.08 bits per heavy atom. The van der Waals surface area contributed by atoms with Gasteiger partial charge in [-0.25, -0.2) is 9.18 Å². The lowest BCUT2D eigenvalue weighted by Gasteiger charge is -2.31. The van der Waals surface area contributed by atoms with E-state index in [0.717, 1.165) is 12.1 Å². The summed E-state index contributed by atoms with van der Waals surface area (Å²) in [7, 11) is 1.47. The first-order valence-corrected chi connectivity index (χ1v) is 11.2. The lowest BCUT2D eigenvalue weighted by atomic mass is 9.81. The van der Waals surface area contributed by atoms with Crippen LogP contribution in [0.3, 0.4) is 0 Å². The van der Waals surface area contributed by atoms with E-state index in [-0.39, 0.29) is 34.4 Å². The van der Waals surface area contributed by atoms with Crippen LogP contribution < -0.4 is 9.64 Å². The van der Waals surface area contributed by atoms with E-state index in [2.05, 4.69) is 0 Å². The molecule has 10 heteroatoms. The number of anilines is 1. The first kappa shape index (κ1) is 25.5. The molecule has 0 aliphatic carbocycles. The summed E-state index contributed by atoms with van der Waals surface area (Å²) in [5.74, 6) is -5.46. The van der Waals surface area contributed by atoms with Crippen LogP contribution in [0.4, 0.5) is 23.2 Å². The highest BCUT2D eigenvalue weighted by Crippen LogP contribution is 2.48. The third-order valence-corrected chi connectivity index (χ3v) is 6.63. The number of ether oxygens (including phenoxy) is 1. The lowest BCUT2D eigenvalue weighted by molar-refractivity contribution is -0.154. The van der Waals surface area contributed by atoms with Crippen LogP contribution >= 0.6 is 11.6 Å². The van der Waals surface area contributed by atoms with Crippen molar-refractivity contribution in [2.24, 2.45) is 0 Å². The van der Waals surface area contributed by atoms with Gasteiger partial charge in [0.1, 0.15) is 11.6 Å². The molecule has 0 bridgehead atoms. The van der Waals surface area contributed by atoms with Gasteiger partial charge >= 0.3 is 12.1 Å². The van der Waals surface area contributed by atoms with Gasteiger partial charge < -0.3 is 14.7 Å². The number of carbonyl (C=O) groups excluding carboxylic acids is 1. The highest BCUT2D eigenvalue weighted by molar-refractivity contribution is 6.31. The maximum Gasteiger partial charge on any atom is 0.396 e. The van der Waals surface area contributed by atoms with Gasteiger partial charge in [0.2, 0.25) is 0 Å². The molecule has 1 N–H and O–H groups in total. The Hall–Kier alpha value is -3.59. The smallest absolute Gasteiger partial charge is 0.396 e. The quantitative estimate of drug-likeness (QED) is 0.382. The molecule has 0 spiro atoms.